The molecule has 3 rings (SSSR count). The summed E-state index contributed by atoms with van der Waals surface area (Å²) in [5, 5.41) is 4.04. The fraction of sp³-hybridized carbons (Fsp3) is 0.435. The molecule has 0 saturated carbocycles. The van der Waals surface area contributed by atoms with Crippen LogP contribution in [-0.2, 0) is 17.8 Å². The lowest BCUT2D eigenvalue weighted by atomic mass is 10.1. The second kappa shape index (κ2) is 11.0. The van der Waals surface area contributed by atoms with E-state index in [1.807, 2.05) is 60.4 Å². The normalized spacial score (nSPS) is 14.5. The SMILES string of the molecule is CCNC(=NCc1ccnc(N(C)C)c1)N1CCN(C(=O)Cc2cccc(Cl)c2)CC1. The first kappa shape index (κ1) is 22.9. The van der Waals surface area contributed by atoms with E-state index in [0.717, 1.165) is 42.5 Å². The van der Waals surface area contributed by atoms with Gasteiger partial charge in [0.1, 0.15) is 5.82 Å². The molecule has 1 saturated heterocycles. The van der Waals surface area contributed by atoms with Gasteiger partial charge in [-0.2, -0.15) is 0 Å². The number of piperazine rings is 1. The number of carbonyl (C=O) groups is 1. The summed E-state index contributed by atoms with van der Waals surface area (Å²) in [6, 6.07) is 11.5. The van der Waals surface area contributed by atoms with Gasteiger partial charge < -0.3 is 20.0 Å². The Bertz CT molecular complexity index is 908. The Hall–Kier alpha value is -2.80. The molecule has 31 heavy (non-hydrogen) atoms. The van der Waals surface area contributed by atoms with Crippen LogP contribution in [0, 0.1) is 0 Å². The smallest absolute Gasteiger partial charge is 0.227 e. The highest BCUT2D eigenvalue weighted by Crippen LogP contribution is 2.14. The number of aliphatic imine (C=N–C) groups is 1. The number of aromatic nitrogens is 1. The number of pyridine rings is 1. The number of hydrogen-bond donors (Lipinski definition) is 1. The second-order valence-corrected chi connectivity index (χ2v) is 8.20. The first-order valence-corrected chi connectivity index (χ1v) is 11.0. The van der Waals surface area contributed by atoms with Crippen molar-refractivity contribution in [1.29, 1.82) is 0 Å². The summed E-state index contributed by atoms with van der Waals surface area (Å²) in [4.78, 5) is 28.0. The van der Waals surface area contributed by atoms with Crippen molar-refractivity contribution in [2.45, 2.75) is 19.9 Å². The van der Waals surface area contributed by atoms with Crippen molar-refractivity contribution in [2.24, 2.45) is 4.99 Å². The van der Waals surface area contributed by atoms with Crippen LogP contribution in [0.4, 0.5) is 5.82 Å². The number of rotatable bonds is 6. The highest BCUT2D eigenvalue weighted by molar-refractivity contribution is 6.30. The summed E-state index contributed by atoms with van der Waals surface area (Å²) < 4.78 is 0. The first-order valence-electron chi connectivity index (χ1n) is 10.6. The van der Waals surface area contributed by atoms with E-state index in [0.29, 0.717) is 31.1 Å². The van der Waals surface area contributed by atoms with Crippen molar-refractivity contribution in [3.63, 3.8) is 0 Å². The largest absolute Gasteiger partial charge is 0.363 e. The van der Waals surface area contributed by atoms with Gasteiger partial charge in [0, 0.05) is 58.0 Å². The zero-order valence-electron chi connectivity index (χ0n) is 18.5. The molecule has 1 fully saturated rings. The van der Waals surface area contributed by atoms with Gasteiger partial charge in [0.15, 0.2) is 5.96 Å². The van der Waals surface area contributed by atoms with Crippen LogP contribution >= 0.6 is 11.6 Å². The molecule has 166 valence electrons. The van der Waals surface area contributed by atoms with Crippen molar-refractivity contribution in [3.8, 4) is 0 Å². The quantitative estimate of drug-likeness (QED) is 0.550. The van der Waals surface area contributed by atoms with E-state index >= 15 is 0 Å². The van der Waals surface area contributed by atoms with Crippen molar-refractivity contribution < 1.29 is 4.79 Å². The minimum Gasteiger partial charge on any atom is -0.363 e. The molecule has 2 heterocycles. The van der Waals surface area contributed by atoms with E-state index in [4.69, 9.17) is 16.6 Å². The molecule has 0 atom stereocenters. The maximum Gasteiger partial charge on any atom is 0.227 e. The van der Waals surface area contributed by atoms with Crippen LogP contribution < -0.4 is 10.2 Å². The molecule has 1 aliphatic heterocycles. The van der Waals surface area contributed by atoms with Gasteiger partial charge >= 0.3 is 0 Å². The standard InChI is InChI=1S/C23H31ClN6O/c1-4-25-23(27-17-19-8-9-26-21(15-19)28(2)3)30-12-10-29(11-13-30)22(31)16-18-6-5-7-20(24)14-18/h5-9,14-15H,4,10-13,16-17H2,1-3H3,(H,25,27). The average molecular weight is 443 g/mol. The van der Waals surface area contributed by atoms with Gasteiger partial charge in [-0.1, -0.05) is 23.7 Å². The van der Waals surface area contributed by atoms with Crippen LogP contribution in [0.2, 0.25) is 5.02 Å². The van der Waals surface area contributed by atoms with Gasteiger partial charge in [-0.3, -0.25) is 4.79 Å². The molecule has 1 aromatic carbocycles. The number of hydrogen-bond acceptors (Lipinski definition) is 4. The Kier molecular flexibility index (Phi) is 8.12. The second-order valence-electron chi connectivity index (χ2n) is 7.76. The molecule has 2 aromatic rings. The van der Waals surface area contributed by atoms with Crippen LogP contribution in [0.3, 0.4) is 0 Å². The lowest BCUT2D eigenvalue weighted by Gasteiger charge is -2.36. The van der Waals surface area contributed by atoms with E-state index in [1.54, 1.807) is 0 Å². The molecule has 1 amide bonds. The summed E-state index contributed by atoms with van der Waals surface area (Å²) in [5.41, 5.74) is 2.06. The summed E-state index contributed by atoms with van der Waals surface area (Å²) in [7, 11) is 3.96. The molecular formula is C23H31ClN6O. The van der Waals surface area contributed by atoms with E-state index in [9.17, 15) is 4.79 Å². The molecule has 0 unspecified atom stereocenters. The van der Waals surface area contributed by atoms with Crippen molar-refractivity contribution >= 4 is 29.3 Å². The average Bonchev–Trinajstić information content (AvgIpc) is 2.77. The molecule has 0 spiro atoms. The highest BCUT2D eigenvalue weighted by atomic mass is 35.5. The van der Waals surface area contributed by atoms with Crippen molar-refractivity contribution in [3.05, 3.63) is 58.7 Å². The number of anilines is 1. The molecule has 8 heteroatoms. The number of benzene rings is 1. The zero-order chi connectivity index (χ0) is 22.2. The van der Waals surface area contributed by atoms with Gasteiger partial charge in [-0.25, -0.2) is 9.98 Å². The van der Waals surface area contributed by atoms with Gasteiger partial charge in [-0.15, -0.1) is 0 Å². The van der Waals surface area contributed by atoms with Crippen LogP contribution in [-0.4, -0.2) is 73.5 Å². The van der Waals surface area contributed by atoms with Crippen LogP contribution in [0.25, 0.3) is 0 Å². The molecule has 0 aliphatic carbocycles. The monoisotopic (exact) mass is 442 g/mol. The van der Waals surface area contributed by atoms with E-state index in [-0.39, 0.29) is 5.91 Å². The third-order valence-electron chi connectivity index (χ3n) is 5.19. The lowest BCUT2D eigenvalue weighted by Crippen LogP contribution is -2.54. The number of guanidine groups is 1. The Morgan fingerprint density at radius 3 is 2.55 bits per heavy atom. The number of halogens is 1. The lowest BCUT2D eigenvalue weighted by molar-refractivity contribution is -0.131. The predicted molar refractivity (Wildman–Crippen MR) is 127 cm³/mol. The van der Waals surface area contributed by atoms with Gasteiger partial charge in [-0.05, 0) is 42.3 Å². The Labute approximate surface area is 189 Å². The number of carbonyl (C=O) groups excluding carboxylic acids is 1. The third kappa shape index (κ3) is 6.59. The van der Waals surface area contributed by atoms with E-state index in [1.165, 1.54) is 0 Å². The molecule has 1 N–H and O–H groups in total. The molecular weight excluding hydrogens is 412 g/mol. The molecule has 7 nitrogen and oxygen atoms in total. The van der Waals surface area contributed by atoms with Crippen LogP contribution in [0.1, 0.15) is 18.1 Å². The van der Waals surface area contributed by atoms with Crippen molar-refractivity contribution in [2.75, 3.05) is 51.7 Å². The third-order valence-corrected chi connectivity index (χ3v) is 5.43. The summed E-state index contributed by atoms with van der Waals surface area (Å²) >= 11 is 6.04. The van der Waals surface area contributed by atoms with Gasteiger partial charge in [0.2, 0.25) is 5.91 Å². The molecule has 0 radical (unpaired) electrons. The number of nitrogens with zero attached hydrogens (tertiary/aromatic N) is 5. The summed E-state index contributed by atoms with van der Waals surface area (Å²) in [5.74, 6) is 1.94. The molecule has 0 bridgehead atoms. The number of nitrogens with one attached hydrogen (secondary N) is 1. The fourth-order valence-electron chi connectivity index (χ4n) is 3.50. The number of amides is 1. The maximum absolute atomic E-state index is 12.7. The highest BCUT2D eigenvalue weighted by Gasteiger charge is 2.23. The van der Waals surface area contributed by atoms with Gasteiger partial charge in [0.25, 0.3) is 0 Å². The summed E-state index contributed by atoms with van der Waals surface area (Å²) in [6.07, 6.45) is 2.20. The minimum absolute atomic E-state index is 0.136. The topological polar surface area (TPSA) is 64.1 Å². The van der Waals surface area contributed by atoms with Crippen molar-refractivity contribution in [1.82, 2.24) is 20.1 Å². The molecule has 1 aromatic heterocycles. The zero-order valence-corrected chi connectivity index (χ0v) is 19.3. The minimum atomic E-state index is 0.136. The Morgan fingerprint density at radius 1 is 1.13 bits per heavy atom. The van der Waals surface area contributed by atoms with E-state index in [2.05, 4.69) is 28.2 Å². The fourth-order valence-corrected chi connectivity index (χ4v) is 3.71. The maximum atomic E-state index is 12.7. The van der Waals surface area contributed by atoms with E-state index < -0.39 is 0 Å². The van der Waals surface area contributed by atoms with Crippen LogP contribution in [0.15, 0.2) is 47.6 Å². The molecule has 1 aliphatic rings. The van der Waals surface area contributed by atoms with Crippen LogP contribution in [0.5, 0.6) is 0 Å². The Morgan fingerprint density at radius 2 is 1.87 bits per heavy atom. The first-order chi connectivity index (χ1) is 15.0. The predicted octanol–water partition coefficient (Wildman–Crippen LogP) is 2.65. The summed E-state index contributed by atoms with van der Waals surface area (Å²) in [6.45, 7) is 6.33. The van der Waals surface area contributed by atoms with Gasteiger partial charge in [0.05, 0.1) is 13.0 Å². The Balaban J connectivity index is 1.58.